The third kappa shape index (κ3) is 2.05. The highest BCUT2D eigenvalue weighted by Crippen LogP contribution is 2.34. The van der Waals surface area contributed by atoms with Crippen LogP contribution in [-0.2, 0) is 14.3 Å². The molecule has 0 aromatic carbocycles. The van der Waals surface area contributed by atoms with Crippen LogP contribution in [0.15, 0.2) is 17.1 Å². The molecular weight excluding hydrogens is 224 g/mol. The Hall–Kier alpha value is -1.78. The van der Waals surface area contributed by atoms with Gasteiger partial charge in [0.1, 0.15) is 17.9 Å². The van der Waals surface area contributed by atoms with E-state index in [0.29, 0.717) is 19.3 Å². The van der Waals surface area contributed by atoms with Crippen LogP contribution in [0.5, 0.6) is 0 Å². The van der Waals surface area contributed by atoms with Gasteiger partial charge in [-0.05, 0) is 13.3 Å². The van der Waals surface area contributed by atoms with Crippen LogP contribution >= 0.6 is 0 Å². The largest absolute Gasteiger partial charge is 0.512 e. The van der Waals surface area contributed by atoms with Crippen LogP contribution in [0.4, 0.5) is 0 Å². The van der Waals surface area contributed by atoms with Crippen LogP contribution in [0.1, 0.15) is 26.2 Å². The Morgan fingerprint density at radius 3 is 2.59 bits per heavy atom. The van der Waals surface area contributed by atoms with E-state index in [0.717, 1.165) is 0 Å². The van der Waals surface area contributed by atoms with Crippen molar-refractivity contribution in [3.8, 4) is 0 Å². The molecule has 2 N–H and O–H groups in total. The predicted octanol–water partition coefficient (Wildman–Crippen LogP) is 1.36. The number of hydrogen-bond acceptors (Lipinski definition) is 5. The zero-order chi connectivity index (χ0) is 12.6. The van der Waals surface area contributed by atoms with Crippen LogP contribution in [0, 0.1) is 12.0 Å². The lowest BCUT2D eigenvalue weighted by Gasteiger charge is -2.30. The molecule has 1 aliphatic carbocycles. The van der Waals surface area contributed by atoms with Gasteiger partial charge in [0, 0.05) is 18.4 Å². The lowest BCUT2D eigenvalue weighted by atomic mass is 9.82. The van der Waals surface area contributed by atoms with E-state index in [-0.39, 0.29) is 22.9 Å². The number of rotatable bonds is 1. The Labute approximate surface area is 98.4 Å². The predicted molar refractivity (Wildman–Crippen MR) is 56.9 cm³/mol. The summed E-state index contributed by atoms with van der Waals surface area (Å²) in [5.41, 5.74) is 0.154. The SMILES string of the molecule is CC1OC(=O)[C]=C(O)C1C1=C(O)CCCC1=O. The van der Waals surface area contributed by atoms with Crippen molar-refractivity contribution in [3.63, 3.8) is 0 Å². The van der Waals surface area contributed by atoms with Crippen molar-refractivity contribution < 1.29 is 24.5 Å². The first kappa shape index (κ1) is 11.7. The highest BCUT2D eigenvalue weighted by molar-refractivity contribution is 5.98. The maximum atomic E-state index is 11.8. The van der Waals surface area contributed by atoms with E-state index in [1.807, 2.05) is 0 Å². The Balaban J connectivity index is 2.42. The molecule has 1 radical (unpaired) electrons. The molecule has 0 spiro atoms. The second-order valence-corrected chi connectivity index (χ2v) is 4.24. The number of aliphatic hydroxyl groups is 2. The van der Waals surface area contributed by atoms with Gasteiger partial charge in [0.2, 0.25) is 0 Å². The molecule has 0 aromatic rings. The molecule has 0 bridgehead atoms. The Kier molecular flexibility index (Phi) is 2.92. The number of cyclic esters (lactones) is 1. The first-order valence-electron chi connectivity index (χ1n) is 5.49. The number of esters is 1. The molecule has 0 saturated carbocycles. The second kappa shape index (κ2) is 4.24. The maximum absolute atomic E-state index is 11.8. The number of Topliss-reactive ketones (excluding diaryl/α,β-unsaturated/α-hetero) is 1. The van der Waals surface area contributed by atoms with Crippen LogP contribution in [0.25, 0.3) is 0 Å². The summed E-state index contributed by atoms with van der Waals surface area (Å²) in [6.45, 7) is 1.57. The van der Waals surface area contributed by atoms with Gasteiger partial charge in [0.15, 0.2) is 5.78 Å². The lowest BCUT2D eigenvalue weighted by Crippen LogP contribution is -2.35. The first-order chi connectivity index (χ1) is 8.00. The highest BCUT2D eigenvalue weighted by Gasteiger charge is 2.38. The van der Waals surface area contributed by atoms with Crippen molar-refractivity contribution in [1.82, 2.24) is 0 Å². The van der Waals surface area contributed by atoms with E-state index < -0.39 is 18.0 Å². The van der Waals surface area contributed by atoms with Gasteiger partial charge < -0.3 is 14.9 Å². The number of allylic oxidation sites excluding steroid dienone is 1. The summed E-state index contributed by atoms with van der Waals surface area (Å²) < 4.78 is 4.89. The minimum absolute atomic E-state index is 0.0237. The normalized spacial score (nSPS) is 30.1. The molecule has 2 rings (SSSR count). The molecule has 91 valence electrons. The molecule has 1 aliphatic heterocycles. The molecule has 5 nitrogen and oxygen atoms in total. The minimum Gasteiger partial charge on any atom is -0.512 e. The van der Waals surface area contributed by atoms with Gasteiger partial charge in [-0.25, -0.2) is 4.79 Å². The Bertz CT molecular complexity index is 432. The molecule has 0 saturated heterocycles. The van der Waals surface area contributed by atoms with Gasteiger partial charge in [0.05, 0.1) is 11.7 Å². The average Bonchev–Trinajstić information content (AvgIpc) is 2.21. The van der Waals surface area contributed by atoms with Gasteiger partial charge >= 0.3 is 5.97 Å². The monoisotopic (exact) mass is 237 g/mol. The number of ether oxygens (including phenoxy) is 1. The smallest absolute Gasteiger partial charge is 0.342 e. The van der Waals surface area contributed by atoms with Crippen LogP contribution in [0.3, 0.4) is 0 Å². The van der Waals surface area contributed by atoms with Crippen LogP contribution < -0.4 is 0 Å². The third-order valence-corrected chi connectivity index (χ3v) is 3.03. The van der Waals surface area contributed by atoms with E-state index in [1.165, 1.54) is 0 Å². The topological polar surface area (TPSA) is 83.8 Å². The molecule has 2 atom stereocenters. The summed E-state index contributed by atoms with van der Waals surface area (Å²) in [6.07, 6.45) is 2.78. The van der Waals surface area contributed by atoms with Crippen molar-refractivity contribution in [2.24, 2.45) is 5.92 Å². The molecule has 2 aliphatic rings. The quantitative estimate of drug-likeness (QED) is 0.673. The first-order valence-corrected chi connectivity index (χ1v) is 5.49. The summed E-state index contributed by atoms with van der Waals surface area (Å²) >= 11 is 0. The van der Waals surface area contributed by atoms with Crippen molar-refractivity contribution in [3.05, 3.63) is 23.2 Å². The summed E-state index contributed by atoms with van der Waals surface area (Å²) in [5, 5.41) is 19.5. The second-order valence-electron chi connectivity index (χ2n) is 4.24. The molecular formula is C12H13O5. The van der Waals surface area contributed by atoms with Gasteiger partial charge in [-0.2, -0.15) is 0 Å². The number of hydrogen-bond donors (Lipinski definition) is 2. The molecule has 2 unspecified atom stereocenters. The van der Waals surface area contributed by atoms with Gasteiger partial charge in [-0.3, -0.25) is 4.79 Å². The molecule has 0 amide bonds. The fourth-order valence-corrected chi connectivity index (χ4v) is 2.24. The van der Waals surface area contributed by atoms with Crippen LogP contribution in [0.2, 0.25) is 0 Å². The maximum Gasteiger partial charge on any atom is 0.342 e. The minimum atomic E-state index is -0.791. The van der Waals surface area contributed by atoms with Crippen LogP contribution in [-0.4, -0.2) is 28.1 Å². The highest BCUT2D eigenvalue weighted by atomic mass is 16.5. The van der Waals surface area contributed by atoms with Gasteiger partial charge in [-0.1, -0.05) is 0 Å². The summed E-state index contributed by atoms with van der Waals surface area (Å²) in [6, 6.07) is 0. The summed E-state index contributed by atoms with van der Waals surface area (Å²) in [4.78, 5) is 22.8. The van der Waals surface area contributed by atoms with E-state index in [2.05, 4.69) is 6.08 Å². The molecule has 0 fully saturated rings. The summed E-state index contributed by atoms with van der Waals surface area (Å²) in [7, 11) is 0. The number of aliphatic hydroxyl groups excluding tert-OH is 2. The Morgan fingerprint density at radius 1 is 1.29 bits per heavy atom. The van der Waals surface area contributed by atoms with Gasteiger partial charge in [0.25, 0.3) is 0 Å². The molecule has 17 heavy (non-hydrogen) atoms. The number of ketones is 1. The molecule has 0 aromatic heterocycles. The summed E-state index contributed by atoms with van der Waals surface area (Å²) in [5.74, 6) is -2.12. The van der Waals surface area contributed by atoms with E-state index in [4.69, 9.17) is 4.74 Å². The van der Waals surface area contributed by atoms with Crippen molar-refractivity contribution in [2.45, 2.75) is 32.3 Å². The average molecular weight is 237 g/mol. The zero-order valence-corrected chi connectivity index (χ0v) is 9.40. The lowest BCUT2D eigenvalue weighted by molar-refractivity contribution is -0.148. The van der Waals surface area contributed by atoms with Gasteiger partial charge in [-0.15, -0.1) is 0 Å². The molecule has 5 heteroatoms. The van der Waals surface area contributed by atoms with E-state index in [1.54, 1.807) is 6.92 Å². The van der Waals surface area contributed by atoms with Crippen molar-refractivity contribution >= 4 is 11.8 Å². The Morgan fingerprint density at radius 2 is 2.00 bits per heavy atom. The third-order valence-electron chi connectivity index (χ3n) is 3.03. The fourth-order valence-electron chi connectivity index (χ4n) is 2.24. The van der Waals surface area contributed by atoms with Crippen molar-refractivity contribution in [1.29, 1.82) is 0 Å². The fraction of sp³-hybridized carbons (Fsp3) is 0.500. The number of carbonyl (C=O) groups excluding carboxylic acids is 2. The molecule has 1 heterocycles. The standard InChI is InChI=1S/C12H13O5/c1-6-11(9(15)5-10(16)17-6)12-7(13)3-2-4-8(12)14/h6,11,13,15H,2-4H2,1H3. The van der Waals surface area contributed by atoms with E-state index in [9.17, 15) is 19.8 Å². The van der Waals surface area contributed by atoms with E-state index >= 15 is 0 Å². The zero-order valence-electron chi connectivity index (χ0n) is 9.40. The number of carbonyl (C=O) groups is 2. The van der Waals surface area contributed by atoms with Crippen molar-refractivity contribution in [2.75, 3.05) is 0 Å².